The van der Waals surface area contributed by atoms with Crippen LogP contribution in [0, 0.1) is 11.8 Å². The number of nitrogens with zero attached hydrogens (tertiary/aromatic N) is 1. The van der Waals surface area contributed by atoms with Gasteiger partial charge in [-0.3, -0.25) is 9.59 Å². The minimum Gasteiger partial charge on any atom is -0.362 e. The summed E-state index contributed by atoms with van der Waals surface area (Å²) in [5, 5.41) is 1.94. The van der Waals surface area contributed by atoms with Crippen molar-refractivity contribution < 1.29 is 14.3 Å². The van der Waals surface area contributed by atoms with Gasteiger partial charge < -0.3 is 4.74 Å². The molecule has 5 rings (SSSR count). The second-order valence-electron chi connectivity index (χ2n) is 6.64. The lowest BCUT2D eigenvalue weighted by Gasteiger charge is -2.24. The summed E-state index contributed by atoms with van der Waals surface area (Å²) < 4.78 is 5.86. The first-order valence-electron chi connectivity index (χ1n) is 7.83. The van der Waals surface area contributed by atoms with Crippen LogP contribution in [0.2, 0.25) is 0 Å². The number of hydrogen-bond donors (Lipinski definition) is 0. The molecule has 2 aromatic rings. The van der Waals surface area contributed by atoms with E-state index in [-0.39, 0.29) is 17.9 Å². The maximum absolute atomic E-state index is 13.0. The van der Waals surface area contributed by atoms with Crippen LogP contribution in [0.3, 0.4) is 0 Å². The molecule has 2 amide bonds. The van der Waals surface area contributed by atoms with Gasteiger partial charge in [-0.2, -0.15) is 0 Å². The van der Waals surface area contributed by atoms with Crippen molar-refractivity contribution >= 4 is 28.3 Å². The van der Waals surface area contributed by atoms with E-state index in [1.807, 2.05) is 61.5 Å². The van der Waals surface area contributed by atoms with E-state index in [0.717, 1.165) is 10.8 Å². The number of imide groups is 1. The minimum absolute atomic E-state index is 0.144. The van der Waals surface area contributed by atoms with E-state index in [1.54, 1.807) is 0 Å². The van der Waals surface area contributed by atoms with Gasteiger partial charge in [-0.25, -0.2) is 4.90 Å². The van der Waals surface area contributed by atoms with Crippen molar-refractivity contribution in [2.75, 3.05) is 4.90 Å². The summed E-state index contributed by atoms with van der Waals surface area (Å²) in [6, 6.07) is 13.5. The van der Waals surface area contributed by atoms with Crippen LogP contribution in [-0.2, 0) is 14.3 Å². The van der Waals surface area contributed by atoms with Gasteiger partial charge in [0.25, 0.3) is 0 Å². The van der Waals surface area contributed by atoms with Crippen LogP contribution >= 0.6 is 0 Å². The molecule has 0 unspecified atom stereocenters. The summed E-state index contributed by atoms with van der Waals surface area (Å²) in [6.45, 7) is 1.89. The van der Waals surface area contributed by atoms with Crippen LogP contribution < -0.4 is 4.90 Å². The third-order valence-corrected chi connectivity index (χ3v) is 5.34. The average molecular weight is 305 g/mol. The maximum Gasteiger partial charge on any atom is 0.241 e. The van der Waals surface area contributed by atoms with Crippen molar-refractivity contribution in [2.24, 2.45) is 11.8 Å². The number of fused-ring (bicyclic) bond motifs is 6. The summed E-state index contributed by atoms with van der Waals surface area (Å²) >= 11 is 0. The van der Waals surface area contributed by atoms with Crippen molar-refractivity contribution in [3.05, 3.63) is 54.6 Å². The van der Waals surface area contributed by atoms with Crippen LogP contribution in [0.25, 0.3) is 10.8 Å². The van der Waals surface area contributed by atoms with Crippen LogP contribution in [0.5, 0.6) is 0 Å². The topological polar surface area (TPSA) is 46.6 Å². The highest BCUT2D eigenvalue weighted by atomic mass is 16.5. The van der Waals surface area contributed by atoms with Gasteiger partial charge in [0.15, 0.2) is 0 Å². The number of ether oxygens (including phenoxy) is 1. The molecule has 2 bridgehead atoms. The smallest absolute Gasteiger partial charge is 0.241 e. The molecule has 23 heavy (non-hydrogen) atoms. The van der Waals surface area contributed by atoms with Gasteiger partial charge in [-0.1, -0.05) is 48.6 Å². The molecule has 3 heterocycles. The zero-order valence-electron chi connectivity index (χ0n) is 12.6. The molecule has 114 valence electrons. The molecule has 4 nitrogen and oxygen atoms in total. The van der Waals surface area contributed by atoms with Gasteiger partial charge in [-0.05, 0) is 18.4 Å². The van der Waals surface area contributed by atoms with Crippen LogP contribution in [0.1, 0.15) is 6.92 Å². The molecule has 0 aromatic heterocycles. The summed E-state index contributed by atoms with van der Waals surface area (Å²) in [6.07, 6.45) is 3.57. The van der Waals surface area contributed by atoms with E-state index in [2.05, 4.69) is 0 Å². The summed E-state index contributed by atoms with van der Waals surface area (Å²) in [5.41, 5.74) is 0.0250. The monoisotopic (exact) mass is 305 g/mol. The fraction of sp³-hybridized carbons (Fsp3) is 0.263. The maximum atomic E-state index is 13.0. The van der Waals surface area contributed by atoms with Gasteiger partial charge >= 0.3 is 0 Å². The Bertz CT molecular complexity index is 897. The molecular formula is C19H15NO3. The van der Waals surface area contributed by atoms with Gasteiger partial charge in [0.1, 0.15) is 0 Å². The minimum atomic E-state index is -0.651. The first-order chi connectivity index (χ1) is 11.1. The highest BCUT2D eigenvalue weighted by Crippen LogP contribution is 2.52. The molecule has 2 aromatic carbocycles. The van der Waals surface area contributed by atoms with E-state index >= 15 is 0 Å². The second kappa shape index (κ2) is 4.09. The standard InChI is InChI=1S/C19H15NO3/c1-19-10-9-14(23-19)15-16(19)18(22)20(17(15)21)13-8-4-6-11-5-2-3-7-12(11)13/h2-10,14-16H,1H3/t14-,15+,16-,19-/m0/s1. The summed E-state index contributed by atoms with van der Waals surface area (Å²) in [5.74, 6) is -1.10. The molecule has 3 aliphatic heterocycles. The fourth-order valence-corrected chi connectivity index (χ4v) is 4.29. The molecule has 0 radical (unpaired) electrons. The predicted octanol–water partition coefficient (Wildman–Crippen LogP) is 2.67. The SMILES string of the molecule is C[C@@]12C=C[C@H](O1)[C@H]1C(=O)N(c3cccc4ccccc34)C(=O)[C@H]12. The lowest BCUT2D eigenvalue weighted by atomic mass is 9.78. The van der Waals surface area contributed by atoms with Crippen molar-refractivity contribution in [2.45, 2.75) is 18.6 Å². The van der Waals surface area contributed by atoms with Crippen molar-refractivity contribution in [1.82, 2.24) is 0 Å². The Morgan fingerprint density at radius 1 is 1.04 bits per heavy atom. The van der Waals surface area contributed by atoms with Gasteiger partial charge in [0.2, 0.25) is 11.8 Å². The van der Waals surface area contributed by atoms with Gasteiger partial charge in [0, 0.05) is 5.39 Å². The lowest BCUT2D eigenvalue weighted by molar-refractivity contribution is -0.126. The number of carbonyl (C=O) groups excluding carboxylic acids is 2. The number of benzene rings is 2. The van der Waals surface area contributed by atoms with Crippen molar-refractivity contribution in [3.8, 4) is 0 Å². The molecular weight excluding hydrogens is 290 g/mol. The Labute approximate surface area is 133 Å². The molecule has 0 aliphatic carbocycles. The normalized spacial score (nSPS) is 34.7. The zero-order valence-corrected chi connectivity index (χ0v) is 12.6. The average Bonchev–Trinajstić information content (AvgIpc) is 3.16. The number of anilines is 1. The Morgan fingerprint density at radius 2 is 1.83 bits per heavy atom. The molecule has 2 saturated heterocycles. The highest BCUT2D eigenvalue weighted by Gasteiger charge is 2.66. The van der Waals surface area contributed by atoms with Gasteiger partial charge in [-0.15, -0.1) is 0 Å². The largest absolute Gasteiger partial charge is 0.362 e. The summed E-state index contributed by atoms with van der Waals surface area (Å²) in [7, 11) is 0. The Kier molecular flexibility index (Phi) is 2.31. The molecule has 4 atom stereocenters. The van der Waals surface area contributed by atoms with E-state index in [0.29, 0.717) is 5.69 Å². The number of carbonyl (C=O) groups is 2. The van der Waals surface area contributed by atoms with Crippen molar-refractivity contribution in [3.63, 3.8) is 0 Å². The Hall–Kier alpha value is -2.46. The lowest BCUT2D eigenvalue weighted by Crippen LogP contribution is -2.38. The van der Waals surface area contributed by atoms with E-state index in [4.69, 9.17) is 4.74 Å². The first-order valence-corrected chi connectivity index (χ1v) is 7.83. The molecule has 0 saturated carbocycles. The van der Waals surface area contributed by atoms with Gasteiger partial charge in [0.05, 0.1) is 29.2 Å². The van der Waals surface area contributed by atoms with Crippen LogP contribution in [0.4, 0.5) is 5.69 Å². The first kappa shape index (κ1) is 13.0. The predicted molar refractivity (Wildman–Crippen MR) is 85.8 cm³/mol. The Balaban J connectivity index is 1.68. The second-order valence-corrected chi connectivity index (χ2v) is 6.64. The van der Waals surface area contributed by atoms with Crippen molar-refractivity contribution in [1.29, 1.82) is 0 Å². The fourth-order valence-electron chi connectivity index (χ4n) is 4.29. The summed E-state index contributed by atoms with van der Waals surface area (Å²) in [4.78, 5) is 27.4. The zero-order chi connectivity index (χ0) is 15.8. The molecule has 0 N–H and O–H groups in total. The molecule has 2 fully saturated rings. The van der Waals surface area contributed by atoms with Crippen LogP contribution in [-0.4, -0.2) is 23.5 Å². The number of hydrogen-bond acceptors (Lipinski definition) is 3. The third kappa shape index (κ3) is 1.49. The molecule has 0 spiro atoms. The van der Waals surface area contributed by atoms with E-state index in [9.17, 15) is 9.59 Å². The number of amides is 2. The molecule has 3 aliphatic rings. The highest BCUT2D eigenvalue weighted by molar-refractivity contribution is 6.26. The van der Waals surface area contributed by atoms with E-state index in [1.165, 1.54) is 4.90 Å². The Morgan fingerprint density at radius 3 is 2.65 bits per heavy atom. The third-order valence-electron chi connectivity index (χ3n) is 5.34. The van der Waals surface area contributed by atoms with Crippen LogP contribution in [0.15, 0.2) is 54.6 Å². The quantitative estimate of drug-likeness (QED) is 0.601. The number of rotatable bonds is 1. The van der Waals surface area contributed by atoms with E-state index < -0.39 is 17.4 Å². The molecule has 4 heteroatoms.